The molecule has 0 radical (unpaired) electrons. The van der Waals surface area contributed by atoms with Crippen LogP contribution in [0.25, 0.3) is 34.1 Å². The minimum absolute atomic E-state index is 0.285. The van der Waals surface area contributed by atoms with Crippen molar-refractivity contribution >= 4 is 23.2 Å². The zero-order valence-electron chi connectivity index (χ0n) is 29.6. The van der Waals surface area contributed by atoms with E-state index in [2.05, 4.69) is 29.6 Å². The lowest BCUT2D eigenvalue weighted by molar-refractivity contribution is 0.235. The predicted octanol–water partition coefficient (Wildman–Crippen LogP) is 4.99. The number of anilines is 2. The maximum atomic E-state index is 12.5. The largest absolute Gasteiger partial charge is 0.497 e. The zero-order valence-corrected chi connectivity index (χ0v) is 29.6. The van der Waals surface area contributed by atoms with E-state index in [1.54, 1.807) is 14.2 Å². The van der Waals surface area contributed by atoms with Crippen LogP contribution < -0.4 is 19.3 Å². The second-order valence-corrected chi connectivity index (χ2v) is 12.7. The molecule has 272 valence electrons. The van der Waals surface area contributed by atoms with E-state index in [0.29, 0.717) is 24.6 Å². The summed E-state index contributed by atoms with van der Waals surface area (Å²) in [5, 5.41) is 0. The molecule has 2 aromatic carbocycles. The van der Waals surface area contributed by atoms with Gasteiger partial charge in [-0.15, -0.1) is 0 Å². The van der Waals surface area contributed by atoms with Gasteiger partial charge in [0.15, 0.2) is 0 Å². The van der Waals surface area contributed by atoms with Crippen molar-refractivity contribution in [3.05, 3.63) is 85.5 Å². The normalized spacial score (nSPS) is 15.5. The summed E-state index contributed by atoms with van der Waals surface area (Å²) in [5.74, 6) is 4.82. The van der Waals surface area contributed by atoms with Crippen molar-refractivity contribution in [3.8, 4) is 34.0 Å². The van der Waals surface area contributed by atoms with Gasteiger partial charge in [-0.2, -0.15) is 9.97 Å². The first-order chi connectivity index (χ1) is 25.5. The average molecular weight is 711 g/mol. The Hall–Kier alpha value is -5.34. The molecule has 2 aliphatic heterocycles. The molecule has 6 aromatic rings. The summed E-state index contributed by atoms with van der Waals surface area (Å²) in [5.41, 5.74) is 3.76. The highest BCUT2D eigenvalue weighted by molar-refractivity contribution is 5.64. The maximum Gasteiger partial charge on any atom is 0.236 e. The lowest BCUT2D eigenvalue weighted by Gasteiger charge is -2.34. The van der Waals surface area contributed by atoms with Crippen LogP contribution in [0.2, 0.25) is 0 Å². The van der Waals surface area contributed by atoms with Gasteiger partial charge in [0.2, 0.25) is 11.6 Å². The van der Waals surface area contributed by atoms with Crippen LogP contribution in [0.4, 0.5) is 20.4 Å². The van der Waals surface area contributed by atoms with Crippen LogP contribution in [-0.4, -0.2) is 132 Å². The van der Waals surface area contributed by atoms with Gasteiger partial charge in [-0.3, -0.25) is 18.6 Å². The first kappa shape index (κ1) is 35.1. The van der Waals surface area contributed by atoms with Gasteiger partial charge in [0.05, 0.1) is 25.6 Å². The van der Waals surface area contributed by atoms with Gasteiger partial charge < -0.3 is 19.3 Å². The van der Waals surface area contributed by atoms with E-state index in [1.165, 1.54) is 0 Å². The monoisotopic (exact) mass is 710 g/mol. The molecule has 6 heterocycles. The third-order valence-corrected chi connectivity index (χ3v) is 9.57. The molecule has 0 aliphatic carbocycles. The van der Waals surface area contributed by atoms with E-state index in [0.717, 1.165) is 98.0 Å². The molecule has 0 N–H and O–H groups in total. The Morgan fingerprint density at radius 1 is 0.558 bits per heavy atom. The van der Waals surface area contributed by atoms with E-state index < -0.39 is 0 Å². The van der Waals surface area contributed by atoms with Crippen LogP contribution >= 0.6 is 0 Å². The summed E-state index contributed by atoms with van der Waals surface area (Å²) >= 11 is 0. The fraction of sp³-hybridized carbons (Fsp3) is 0.368. The van der Waals surface area contributed by atoms with Crippen LogP contribution in [0.3, 0.4) is 0 Å². The fourth-order valence-corrected chi connectivity index (χ4v) is 6.54. The number of hydrogen-bond acceptors (Lipinski definition) is 10. The van der Waals surface area contributed by atoms with Gasteiger partial charge in [-0.05, 0) is 48.5 Å². The molecule has 52 heavy (non-hydrogen) atoms. The SMILES string of the molecule is COc1ccc(-c2cn3ccc(N4CCN(CCF)CC4)nc3n2)cc1.COc1cccc(-c2cn3ccc(N4CCN(CCF)CC4)nc3n2)c1. The summed E-state index contributed by atoms with van der Waals surface area (Å²) in [7, 11) is 3.31. The molecule has 0 amide bonds. The second kappa shape index (κ2) is 16.3. The number of nitrogens with zero attached hydrogens (tertiary/aromatic N) is 10. The van der Waals surface area contributed by atoms with Gasteiger partial charge in [0.1, 0.15) is 36.5 Å². The Bertz CT molecular complexity index is 2050. The molecule has 0 unspecified atom stereocenters. The highest BCUT2D eigenvalue weighted by Gasteiger charge is 2.20. The Kier molecular flexibility index (Phi) is 11.0. The number of methoxy groups -OCH3 is 2. The number of benzene rings is 2. The summed E-state index contributed by atoms with van der Waals surface area (Å²) in [4.78, 5) is 27.5. The van der Waals surface area contributed by atoms with Crippen molar-refractivity contribution in [1.82, 2.24) is 38.5 Å². The minimum Gasteiger partial charge on any atom is -0.497 e. The number of hydrogen-bond donors (Lipinski definition) is 0. The van der Waals surface area contributed by atoms with E-state index in [4.69, 9.17) is 19.4 Å². The first-order valence-electron chi connectivity index (χ1n) is 17.6. The van der Waals surface area contributed by atoms with Crippen LogP contribution in [0.15, 0.2) is 85.5 Å². The van der Waals surface area contributed by atoms with E-state index in [1.807, 2.05) is 94.3 Å². The van der Waals surface area contributed by atoms with Crippen LogP contribution in [-0.2, 0) is 0 Å². The average Bonchev–Trinajstić information content (AvgIpc) is 3.83. The quantitative estimate of drug-likeness (QED) is 0.194. The van der Waals surface area contributed by atoms with E-state index in [9.17, 15) is 8.78 Å². The molecule has 0 saturated carbocycles. The van der Waals surface area contributed by atoms with E-state index >= 15 is 0 Å². The second-order valence-electron chi connectivity index (χ2n) is 12.7. The topological polar surface area (TPSA) is 91.8 Å². The third kappa shape index (κ3) is 8.08. The fourth-order valence-electron chi connectivity index (χ4n) is 6.54. The van der Waals surface area contributed by atoms with Gasteiger partial charge in [-0.25, -0.2) is 18.7 Å². The molecule has 2 saturated heterocycles. The molecule has 2 aliphatic rings. The molecule has 0 atom stereocenters. The Balaban J connectivity index is 0.000000162. The number of rotatable bonds is 10. The molecular formula is C38H44F2N10O2. The summed E-state index contributed by atoms with van der Waals surface area (Å²) in [6.07, 6.45) is 7.93. The Labute approximate surface area is 301 Å². The Morgan fingerprint density at radius 3 is 1.54 bits per heavy atom. The van der Waals surface area contributed by atoms with Crippen LogP contribution in [0.1, 0.15) is 0 Å². The molecule has 14 heteroatoms. The summed E-state index contributed by atoms with van der Waals surface area (Å²) in [6, 6.07) is 19.7. The van der Waals surface area contributed by atoms with Gasteiger partial charge in [0.25, 0.3) is 0 Å². The molecule has 8 rings (SSSR count). The number of fused-ring (bicyclic) bond motifs is 2. The number of halogens is 2. The molecule has 12 nitrogen and oxygen atoms in total. The lowest BCUT2D eigenvalue weighted by atomic mass is 10.1. The highest BCUT2D eigenvalue weighted by atomic mass is 19.1. The number of alkyl halides is 2. The molecule has 0 spiro atoms. The number of aromatic nitrogens is 6. The Morgan fingerprint density at radius 2 is 1.06 bits per heavy atom. The van der Waals surface area contributed by atoms with Crippen molar-refractivity contribution in [3.63, 3.8) is 0 Å². The lowest BCUT2D eigenvalue weighted by Crippen LogP contribution is -2.47. The van der Waals surface area contributed by atoms with Gasteiger partial charge in [-0.1, -0.05) is 12.1 Å². The maximum absolute atomic E-state index is 12.5. The zero-order chi connectivity index (χ0) is 35.9. The number of ether oxygens (including phenoxy) is 2. The van der Waals surface area contributed by atoms with Crippen molar-refractivity contribution in [2.45, 2.75) is 0 Å². The number of imidazole rings is 2. The van der Waals surface area contributed by atoms with E-state index in [-0.39, 0.29) is 13.3 Å². The first-order valence-corrected chi connectivity index (χ1v) is 17.6. The molecular weight excluding hydrogens is 666 g/mol. The van der Waals surface area contributed by atoms with Crippen molar-refractivity contribution in [2.24, 2.45) is 0 Å². The molecule has 2 fully saturated rings. The van der Waals surface area contributed by atoms with Crippen LogP contribution in [0.5, 0.6) is 11.5 Å². The third-order valence-electron chi connectivity index (χ3n) is 9.57. The van der Waals surface area contributed by atoms with Gasteiger partial charge >= 0.3 is 0 Å². The predicted molar refractivity (Wildman–Crippen MR) is 199 cm³/mol. The molecule has 4 aromatic heterocycles. The molecule has 0 bridgehead atoms. The van der Waals surface area contributed by atoms with Crippen molar-refractivity contribution in [1.29, 1.82) is 0 Å². The van der Waals surface area contributed by atoms with Crippen LogP contribution in [0, 0.1) is 0 Å². The summed E-state index contributed by atoms with van der Waals surface area (Å²) in [6.45, 7) is 7.34. The highest BCUT2D eigenvalue weighted by Crippen LogP contribution is 2.25. The smallest absolute Gasteiger partial charge is 0.236 e. The van der Waals surface area contributed by atoms with Crippen molar-refractivity contribution < 1.29 is 18.3 Å². The van der Waals surface area contributed by atoms with Gasteiger partial charge in [0, 0.05) is 101 Å². The standard InChI is InChI=1S/2C19H22FN5O/c1-26-16-4-2-15(3-5-16)17-14-25-8-6-18(22-19(25)21-17)24-12-10-23(9-7-20)11-13-24;1-26-16-4-2-3-15(13-16)17-14-25-7-5-18(22-19(25)21-17)24-11-9-23(8-6-20)10-12-24/h2-6,8,14H,7,9-13H2,1H3;2-5,7,13-14H,6,8-12H2,1H3. The summed E-state index contributed by atoms with van der Waals surface area (Å²) < 4.78 is 39.3. The minimum atomic E-state index is -0.286. The van der Waals surface area contributed by atoms with Crippen molar-refractivity contribution in [2.75, 3.05) is 103 Å². The number of piperazine rings is 2.